The average Bonchev–Trinajstić information content (AvgIpc) is 2.99. The number of hydrogen-bond acceptors (Lipinski definition) is 3. The maximum Gasteiger partial charge on any atom is 0.166 e. The fourth-order valence-corrected chi connectivity index (χ4v) is 2.12. The van der Waals surface area contributed by atoms with E-state index in [1.807, 2.05) is 6.92 Å². The predicted molar refractivity (Wildman–Crippen MR) is 60.8 cm³/mol. The molecule has 1 fully saturated rings. The van der Waals surface area contributed by atoms with Crippen LogP contribution in [0.1, 0.15) is 39.0 Å². The van der Waals surface area contributed by atoms with E-state index in [0.717, 1.165) is 36.4 Å². The lowest BCUT2D eigenvalue weighted by atomic mass is 9.90. The van der Waals surface area contributed by atoms with Crippen LogP contribution in [-0.2, 0) is 4.79 Å². The van der Waals surface area contributed by atoms with Crippen molar-refractivity contribution >= 4 is 11.5 Å². The highest BCUT2D eigenvalue weighted by atomic mass is 16.1. The van der Waals surface area contributed by atoms with Crippen LogP contribution in [0.15, 0.2) is 16.3 Å². The van der Waals surface area contributed by atoms with Gasteiger partial charge in [-0.1, -0.05) is 0 Å². The van der Waals surface area contributed by atoms with E-state index in [4.69, 9.17) is 5.73 Å². The zero-order valence-electron chi connectivity index (χ0n) is 9.25. The monoisotopic (exact) mass is 206 g/mol. The molecule has 0 aromatic rings. The van der Waals surface area contributed by atoms with E-state index in [2.05, 4.69) is 4.99 Å². The summed E-state index contributed by atoms with van der Waals surface area (Å²) in [5.41, 5.74) is 8.48. The Morgan fingerprint density at radius 2 is 2.20 bits per heavy atom. The molecular formula is C12H18N2O. The number of carbonyl (C=O) groups excluding carboxylic acids is 1. The first kappa shape index (κ1) is 10.4. The first-order valence-corrected chi connectivity index (χ1v) is 5.80. The normalized spacial score (nSPS) is 23.5. The summed E-state index contributed by atoms with van der Waals surface area (Å²) in [5.74, 6) is 0.721. The number of rotatable bonds is 3. The van der Waals surface area contributed by atoms with Gasteiger partial charge in [-0.15, -0.1) is 0 Å². The third-order valence-corrected chi connectivity index (χ3v) is 3.00. The van der Waals surface area contributed by atoms with E-state index in [0.29, 0.717) is 12.3 Å². The summed E-state index contributed by atoms with van der Waals surface area (Å²) in [7, 11) is 0. The standard InChI is InChI=1S/C12H18N2O/c1-2-14-12(8-6-7-8)11-9(13)4-3-5-10(11)15/h8H,2-7,13H2,1H3. The van der Waals surface area contributed by atoms with Crippen molar-refractivity contribution in [2.45, 2.75) is 39.0 Å². The summed E-state index contributed by atoms with van der Waals surface area (Å²) in [4.78, 5) is 16.3. The number of allylic oxidation sites excluding steroid dienone is 2. The Morgan fingerprint density at radius 1 is 1.47 bits per heavy atom. The van der Waals surface area contributed by atoms with E-state index >= 15 is 0 Å². The molecule has 1 saturated carbocycles. The van der Waals surface area contributed by atoms with Crippen LogP contribution in [0.3, 0.4) is 0 Å². The lowest BCUT2D eigenvalue weighted by Gasteiger charge is -2.17. The van der Waals surface area contributed by atoms with E-state index in [-0.39, 0.29) is 5.78 Å². The molecule has 2 aliphatic rings. The van der Waals surface area contributed by atoms with Crippen LogP contribution >= 0.6 is 0 Å². The Hall–Kier alpha value is -1.12. The van der Waals surface area contributed by atoms with Crippen molar-refractivity contribution in [2.24, 2.45) is 16.6 Å². The number of nitrogens with zero attached hydrogens (tertiary/aromatic N) is 1. The topological polar surface area (TPSA) is 55.4 Å². The van der Waals surface area contributed by atoms with Crippen molar-refractivity contribution in [2.75, 3.05) is 6.54 Å². The van der Waals surface area contributed by atoms with Gasteiger partial charge in [0.25, 0.3) is 0 Å². The van der Waals surface area contributed by atoms with E-state index in [9.17, 15) is 4.79 Å². The van der Waals surface area contributed by atoms with Crippen LogP contribution in [0.5, 0.6) is 0 Å². The van der Waals surface area contributed by atoms with E-state index in [1.165, 1.54) is 12.8 Å². The molecule has 0 spiro atoms. The molecule has 0 aromatic carbocycles. The molecule has 82 valence electrons. The molecule has 0 aliphatic heterocycles. The van der Waals surface area contributed by atoms with Crippen LogP contribution in [0.2, 0.25) is 0 Å². The van der Waals surface area contributed by atoms with Crippen molar-refractivity contribution in [3.63, 3.8) is 0 Å². The number of nitrogens with two attached hydrogens (primary N) is 1. The lowest BCUT2D eigenvalue weighted by molar-refractivity contribution is -0.115. The molecule has 0 unspecified atom stereocenters. The molecule has 0 bridgehead atoms. The minimum atomic E-state index is 0.206. The SMILES string of the molecule is CCN=C(C1=C(N)CCCC1=O)C1CC1. The van der Waals surface area contributed by atoms with Crippen molar-refractivity contribution in [1.82, 2.24) is 0 Å². The summed E-state index contributed by atoms with van der Waals surface area (Å²) in [5, 5.41) is 0. The highest BCUT2D eigenvalue weighted by Crippen LogP contribution is 2.35. The summed E-state index contributed by atoms with van der Waals surface area (Å²) < 4.78 is 0. The first-order valence-electron chi connectivity index (χ1n) is 5.80. The van der Waals surface area contributed by atoms with Gasteiger partial charge in [0.15, 0.2) is 5.78 Å². The van der Waals surface area contributed by atoms with Gasteiger partial charge in [-0.25, -0.2) is 0 Å². The molecule has 0 saturated heterocycles. The predicted octanol–water partition coefficient (Wildman–Crippen LogP) is 1.82. The van der Waals surface area contributed by atoms with Crippen LogP contribution in [0.4, 0.5) is 0 Å². The fourth-order valence-electron chi connectivity index (χ4n) is 2.12. The van der Waals surface area contributed by atoms with Gasteiger partial charge in [-0.2, -0.15) is 0 Å². The molecule has 0 heterocycles. The van der Waals surface area contributed by atoms with Crippen LogP contribution in [0.25, 0.3) is 0 Å². The Morgan fingerprint density at radius 3 is 2.73 bits per heavy atom. The largest absolute Gasteiger partial charge is 0.401 e. The van der Waals surface area contributed by atoms with Crippen LogP contribution in [0, 0.1) is 5.92 Å². The second-order valence-corrected chi connectivity index (χ2v) is 4.31. The summed E-state index contributed by atoms with van der Waals surface area (Å²) in [6.45, 7) is 2.75. The molecular weight excluding hydrogens is 188 g/mol. The van der Waals surface area contributed by atoms with Crippen molar-refractivity contribution in [1.29, 1.82) is 0 Å². The Bertz CT molecular complexity index is 338. The van der Waals surface area contributed by atoms with Crippen molar-refractivity contribution in [3.05, 3.63) is 11.3 Å². The second-order valence-electron chi connectivity index (χ2n) is 4.31. The number of Topliss-reactive ketones (excluding diaryl/α,β-unsaturated/α-hetero) is 1. The van der Waals surface area contributed by atoms with Gasteiger partial charge in [0.05, 0.1) is 11.3 Å². The Labute approximate surface area is 90.4 Å². The highest BCUT2D eigenvalue weighted by Gasteiger charge is 2.34. The van der Waals surface area contributed by atoms with Gasteiger partial charge in [-0.05, 0) is 32.6 Å². The quantitative estimate of drug-likeness (QED) is 0.716. The maximum absolute atomic E-state index is 11.8. The molecule has 2 aliphatic carbocycles. The van der Waals surface area contributed by atoms with Gasteiger partial charge < -0.3 is 5.73 Å². The molecule has 0 amide bonds. The van der Waals surface area contributed by atoms with Crippen molar-refractivity contribution in [3.8, 4) is 0 Å². The molecule has 2 N–H and O–H groups in total. The summed E-state index contributed by atoms with van der Waals surface area (Å²) >= 11 is 0. The third-order valence-electron chi connectivity index (χ3n) is 3.00. The Balaban J connectivity index is 2.32. The Kier molecular flexibility index (Phi) is 2.89. The lowest BCUT2D eigenvalue weighted by Crippen LogP contribution is -2.24. The zero-order chi connectivity index (χ0) is 10.8. The number of carbonyl (C=O) groups is 1. The van der Waals surface area contributed by atoms with Crippen molar-refractivity contribution < 1.29 is 4.79 Å². The molecule has 0 atom stereocenters. The maximum atomic E-state index is 11.8. The van der Waals surface area contributed by atoms with E-state index < -0.39 is 0 Å². The zero-order valence-corrected chi connectivity index (χ0v) is 9.25. The van der Waals surface area contributed by atoms with E-state index in [1.54, 1.807) is 0 Å². The molecule has 15 heavy (non-hydrogen) atoms. The van der Waals surface area contributed by atoms with Crippen LogP contribution in [-0.4, -0.2) is 18.0 Å². The van der Waals surface area contributed by atoms with Gasteiger partial charge >= 0.3 is 0 Å². The molecule has 3 nitrogen and oxygen atoms in total. The average molecular weight is 206 g/mol. The number of aliphatic imine (C=N–C) groups is 1. The van der Waals surface area contributed by atoms with Gasteiger partial charge in [0.2, 0.25) is 0 Å². The van der Waals surface area contributed by atoms with Gasteiger partial charge in [0, 0.05) is 24.6 Å². The van der Waals surface area contributed by atoms with Gasteiger partial charge in [0.1, 0.15) is 0 Å². The smallest absolute Gasteiger partial charge is 0.166 e. The fraction of sp³-hybridized carbons (Fsp3) is 0.667. The first-order chi connectivity index (χ1) is 7.24. The summed E-state index contributed by atoms with van der Waals surface area (Å²) in [6, 6.07) is 0. The van der Waals surface area contributed by atoms with Crippen LogP contribution < -0.4 is 5.73 Å². The minimum absolute atomic E-state index is 0.206. The number of hydrogen-bond donors (Lipinski definition) is 1. The molecule has 0 aromatic heterocycles. The van der Waals surface area contributed by atoms with Gasteiger partial charge in [-0.3, -0.25) is 9.79 Å². The molecule has 2 rings (SSSR count). The number of ketones is 1. The summed E-state index contributed by atoms with van der Waals surface area (Å²) in [6.07, 6.45) is 4.74. The molecule has 0 radical (unpaired) electrons. The third kappa shape index (κ3) is 2.11. The second kappa shape index (κ2) is 4.17. The highest BCUT2D eigenvalue weighted by molar-refractivity contribution is 6.24. The minimum Gasteiger partial charge on any atom is -0.401 e. The molecule has 3 heteroatoms.